The first kappa shape index (κ1) is 18.1. The lowest BCUT2D eigenvalue weighted by molar-refractivity contribution is -0.123. The Kier molecular flexibility index (Phi) is 6.86. The zero-order chi connectivity index (χ0) is 17.4. The normalized spacial score (nSPS) is 10.5. The number of hydrogen-bond acceptors (Lipinski definition) is 5. The van der Waals surface area contributed by atoms with Gasteiger partial charge in [-0.25, -0.2) is 5.43 Å². The Morgan fingerprint density at radius 1 is 1.12 bits per heavy atom. The summed E-state index contributed by atoms with van der Waals surface area (Å²) in [4.78, 5) is 11.7. The lowest BCUT2D eigenvalue weighted by Gasteiger charge is -2.07. The summed E-state index contributed by atoms with van der Waals surface area (Å²) in [5.74, 6) is 1.51. The van der Waals surface area contributed by atoms with E-state index in [9.17, 15) is 4.79 Å². The maximum absolute atomic E-state index is 11.7. The molecule has 0 spiro atoms. The van der Waals surface area contributed by atoms with Gasteiger partial charge in [0.05, 0.1) is 20.4 Å². The van der Waals surface area contributed by atoms with Crippen molar-refractivity contribution in [1.29, 1.82) is 0 Å². The lowest BCUT2D eigenvalue weighted by Crippen LogP contribution is -2.24. The van der Waals surface area contributed by atoms with E-state index >= 15 is 0 Å². The van der Waals surface area contributed by atoms with Gasteiger partial charge in [-0.05, 0) is 70.6 Å². The van der Waals surface area contributed by atoms with Gasteiger partial charge in [0.2, 0.25) is 0 Å². The SMILES string of the molecule is COc1ccc(C=NNC(=O)COc2ccc(I)cc2)cc1OC. The van der Waals surface area contributed by atoms with Crippen LogP contribution in [-0.2, 0) is 4.79 Å². The molecule has 1 amide bonds. The van der Waals surface area contributed by atoms with Crippen LogP contribution in [0.3, 0.4) is 0 Å². The summed E-state index contributed by atoms with van der Waals surface area (Å²) in [7, 11) is 3.13. The molecule has 0 saturated heterocycles. The highest BCUT2D eigenvalue weighted by atomic mass is 127. The Morgan fingerprint density at radius 2 is 1.83 bits per heavy atom. The molecule has 0 fully saturated rings. The molecule has 0 saturated carbocycles. The van der Waals surface area contributed by atoms with Gasteiger partial charge in [-0.1, -0.05) is 0 Å². The largest absolute Gasteiger partial charge is 0.493 e. The van der Waals surface area contributed by atoms with Crippen molar-refractivity contribution in [1.82, 2.24) is 5.43 Å². The summed E-state index contributed by atoms with van der Waals surface area (Å²) in [5.41, 5.74) is 3.18. The number of nitrogens with zero attached hydrogens (tertiary/aromatic N) is 1. The molecule has 0 bridgehead atoms. The fourth-order valence-corrected chi connectivity index (χ4v) is 2.18. The van der Waals surface area contributed by atoms with Crippen LogP contribution in [0.1, 0.15) is 5.56 Å². The van der Waals surface area contributed by atoms with Gasteiger partial charge in [-0.3, -0.25) is 4.79 Å². The fourth-order valence-electron chi connectivity index (χ4n) is 1.82. The van der Waals surface area contributed by atoms with E-state index < -0.39 is 0 Å². The fraction of sp³-hybridized carbons (Fsp3) is 0.176. The van der Waals surface area contributed by atoms with Gasteiger partial charge in [0.1, 0.15) is 5.75 Å². The zero-order valence-corrected chi connectivity index (χ0v) is 15.4. The molecule has 7 heteroatoms. The highest BCUT2D eigenvalue weighted by Gasteiger charge is 2.04. The van der Waals surface area contributed by atoms with E-state index in [2.05, 4.69) is 33.1 Å². The molecule has 2 rings (SSSR count). The molecule has 0 aliphatic heterocycles. The van der Waals surface area contributed by atoms with E-state index in [0.29, 0.717) is 17.2 Å². The Balaban J connectivity index is 1.84. The van der Waals surface area contributed by atoms with Crippen molar-refractivity contribution in [2.75, 3.05) is 20.8 Å². The number of amides is 1. The first-order chi connectivity index (χ1) is 11.6. The lowest BCUT2D eigenvalue weighted by atomic mass is 10.2. The third kappa shape index (κ3) is 5.41. The summed E-state index contributed by atoms with van der Waals surface area (Å²) in [6.45, 7) is -0.107. The van der Waals surface area contributed by atoms with Gasteiger partial charge < -0.3 is 14.2 Å². The predicted octanol–water partition coefficient (Wildman–Crippen LogP) is 2.84. The number of ether oxygens (including phenoxy) is 3. The second kappa shape index (κ2) is 9.11. The van der Waals surface area contributed by atoms with Gasteiger partial charge in [-0.15, -0.1) is 0 Å². The van der Waals surface area contributed by atoms with Crippen molar-refractivity contribution in [2.45, 2.75) is 0 Å². The van der Waals surface area contributed by atoms with Gasteiger partial charge in [0.25, 0.3) is 5.91 Å². The van der Waals surface area contributed by atoms with Gasteiger partial charge >= 0.3 is 0 Å². The van der Waals surface area contributed by atoms with Crippen LogP contribution < -0.4 is 19.6 Å². The van der Waals surface area contributed by atoms with Crippen LogP contribution in [-0.4, -0.2) is 32.9 Å². The average Bonchev–Trinajstić information content (AvgIpc) is 2.61. The highest BCUT2D eigenvalue weighted by Crippen LogP contribution is 2.26. The maximum Gasteiger partial charge on any atom is 0.277 e. The number of carbonyl (C=O) groups excluding carboxylic acids is 1. The Labute approximate surface area is 153 Å². The number of rotatable bonds is 7. The molecule has 0 unspecified atom stereocenters. The number of benzene rings is 2. The first-order valence-corrected chi connectivity index (χ1v) is 8.12. The molecule has 126 valence electrons. The molecular weight excluding hydrogens is 423 g/mol. The molecule has 6 nitrogen and oxygen atoms in total. The van der Waals surface area contributed by atoms with Crippen molar-refractivity contribution in [2.24, 2.45) is 5.10 Å². The minimum atomic E-state index is -0.342. The summed E-state index contributed by atoms with van der Waals surface area (Å²) in [6.07, 6.45) is 1.52. The van der Waals surface area contributed by atoms with E-state index in [1.807, 2.05) is 24.3 Å². The van der Waals surface area contributed by atoms with E-state index in [1.54, 1.807) is 32.4 Å². The predicted molar refractivity (Wildman–Crippen MR) is 99.9 cm³/mol. The molecule has 2 aromatic rings. The summed E-state index contributed by atoms with van der Waals surface area (Å²) in [5, 5.41) is 3.90. The van der Waals surface area contributed by atoms with E-state index in [1.165, 1.54) is 6.21 Å². The van der Waals surface area contributed by atoms with Crippen LogP contribution in [0.4, 0.5) is 0 Å². The van der Waals surface area contributed by atoms with Crippen LogP contribution >= 0.6 is 22.6 Å². The maximum atomic E-state index is 11.7. The van der Waals surface area contributed by atoms with Crippen LogP contribution in [0.25, 0.3) is 0 Å². The van der Waals surface area contributed by atoms with Crippen LogP contribution in [0.5, 0.6) is 17.2 Å². The van der Waals surface area contributed by atoms with E-state index in [4.69, 9.17) is 14.2 Å². The number of carbonyl (C=O) groups is 1. The third-order valence-electron chi connectivity index (χ3n) is 2.99. The summed E-state index contributed by atoms with van der Waals surface area (Å²) < 4.78 is 16.8. The van der Waals surface area contributed by atoms with E-state index in [0.717, 1.165) is 9.13 Å². The van der Waals surface area contributed by atoms with Crippen molar-refractivity contribution >= 4 is 34.7 Å². The van der Waals surface area contributed by atoms with Crippen LogP contribution in [0, 0.1) is 3.57 Å². The van der Waals surface area contributed by atoms with Crippen LogP contribution in [0.15, 0.2) is 47.6 Å². The van der Waals surface area contributed by atoms with Crippen molar-refractivity contribution in [3.63, 3.8) is 0 Å². The smallest absolute Gasteiger partial charge is 0.277 e. The zero-order valence-electron chi connectivity index (χ0n) is 13.3. The molecule has 0 radical (unpaired) electrons. The van der Waals surface area contributed by atoms with Crippen molar-refractivity contribution in [3.8, 4) is 17.2 Å². The van der Waals surface area contributed by atoms with Crippen LogP contribution in [0.2, 0.25) is 0 Å². The number of methoxy groups -OCH3 is 2. The molecule has 2 aromatic carbocycles. The molecule has 0 aliphatic carbocycles. The molecule has 0 aromatic heterocycles. The standard InChI is InChI=1S/C17H17IN2O4/c1-22-15-8-3-12(9-16(15)23-2)10-19-20-17(21)11-24-14-6-4-13(18)5-7-14/h3-10H,11H2,1-2H3,(H,20,21). The Hall–Kier alpha value is -2.29. The number of nitrogens with one attached hydrogen (secondary N) is 1. The monoisotopic (exact) mass is 440 g/mol. The van der Waals surface area contributed by atoms with E-state index in [-0.39, 0.29) is 12.5 Å². The minimum absolute atomic E-state index is 0.107. The molecule has 1 N–H and O–H groups in total. The Bertz CT molecular complexity index is 717. The summed E-state index contributed by atoms with van der Waals surface area (Å²) in [6, 6.07) is 12.8. The van der Waals surface area contributed by atoms with Crippen molar-refractivity contribution < 1.29 is 19.0 Å². The molecular formula is C17H17IN2O4. The minimum Gasteiger partial charge on any atom is -0.493 e. The van der Waals surface area contributed by atoms with Gasteiger partial charge in [0.15, 0.2) is 18.1 Å². The Morgan fingerprint density at radius 3 is 2.50 bits per heavy atom. The second-order valence-electron chi connectivity index (χ2n) is 4.65. The molecule has 0 aliphatic rings. The number of hydrogen-bond donors (Lipinski definition) is 1. The average molecular weight is 440 g/mol. The summed E-state index contributed by atoms with van der Waals surface area (Å²) >= 11 is 2.20. The van der Waals surface area contributed by atoms with Crippen molar-refractivity contribution in [3.05, 3.63) is 51.6 Å². The molecule has 0 heterocycles. The topological polar surface area (TPSA) is 69.2 Å². The number of hydrazone groups is 1. The van der Waals surface area contributed by atoms with Gasteiger partial charge in [0, 0.05) is 3.57 Å². The highest BCUT2D eigenvalue weighted by molar-refractivity contribution is 14.1. The third-order valence-corrected chi connectivity index (χ3v) is 3.71. The second-order valence-corrected chi connectivity index (χ2v) is 5.90. The molecule has 24 heavy (non-hydrogen) atoms. The molecule has 0 atom stereocenters. The van der Waals surface area contributed by atoms with Gasteiger partial charge in [-0.2, -0.15) is 5.10 Å². The quantitative estimate of drug-likeness (QED) is 0.409. The number of halogens is 1. The first-order valence-electron chi connectivity index (χ1n) is 7.04.